The van der Waals surface area contributed by atoms with Crippen LogP contribution in [0.1, 0.15) is 4.88 Å². The van der Waals surface area contributed by atoms with Crippen molar-refractivity contribution in [2.45, 2.75) is 6.54 Å². The van der Waals surface area contributed by atoms with Gasteiger partial charge in [-0.3, -0.25) is 4.79 Å². The SMILES string of the molecule is O=C(CNCc1sccc1Br)Nc1ccc(F)cc1. The van der Waals surface area contributed by atoms with Gasteiger partial charge in [-0.25, -0.2) is 4.39 Å². The third-order valence-electron chi connectivity index (χ3n) is 2.39. The average Bonchev–Trinajstić information content (AvgIpc) is 2.78. The lowest BCUT2D eigenvalue weighted by molar-refractivity contribution is -0.115. The van der Waals surface area contributed by atoms with Crippen LogP contribution in [0, 0.1) is 5.82 Å². The van der Waals surface area contributed by atoms with Crippen LogP contribution in [0.4, 0.5) is 10.1 Å². The van der Waals surface area contributed by atoms with E-state index >= 15 is 0 Å². The summed E-state index contributed by atoms with van der Waals surface area (Å²) in [5.74, 6) is -0.474. The molecule has 2 N–H and O–H groups in total. The highest BCUT2D eigenvalue weighted by atomic mass is 79.9. The maximum Gasteiger partial charge on any atom is 0.238 e. The molecule has 0 aliphatic carbocycles. The predicted octanol–water partition coefficient (Wildman–Crippen LogP) is 3.38. The third kappa shape index (κ3) is 4.41. The molecular formula is C13H12BrFN2OS. The van der Waals surface area contributed by atoms with E-state index in [1.165, 1.54) is 24.3 Å². The zero-order valence-electron chi connectivity index (χ0n) is 9.95. The van der Waals surface area contributed by atoms with E-state index in [2.05, 4.69) is 26.6 Å². The van der Waals surface area contributed by atoms with Crippen molar-refractivity contribution in [3.05, 3.63) is 50.9 Å². The van der Waals surface area contributed by atoms with Gasteiger partial charge in [0.15, 0.2) is 0 Å². The summed E-state index contributed by atoms with van der Waals surface area (Å²) in [4.78, 5) is 12.8. The fourth-order valence-corrected chi connectivity index (χ4v) is 2.94. The quantitative estimate of drug-likeness (QED) is 0.874. The second kappa shape index (κ2) is 6.79. The van der Waals surface area contributed by atoms with E-state index in [0.717, 1.165) is 9.35 Å². The summed E-state index contributed by atoms with van der Waals surface area (Å²) >= 11 is 5.05. The van der Waals surface area contributed by atoms with Crippen LogP contribution in [0.15, 0.2) is 40.2 Å². The van der Waals surface area contributed by atoms with Gasteiger partial charge in [0, 0.05) is 21.6 Å². The molecule has 0 spiro atoms. The Morgan fingerprint density at radius 3 is 2.63 bits per heavy atom. The van der Waals surface area contributed by atoms with Crippen LogP contribution in [0.2, 0.25) is 0 Å². The van der Waals surface area contributed by atoms with Crippen LogP contribution in [-0.2, 0) is 11.3 Å². The highest BCUT2D eigenvalue weighted by Gasteiger charge is 2.04. The number of hydrogen-bond acceptors (Lipinski definition) is 3. The molecule has 2 aromatic rings. The molecule has 0 saturated carbocycles. The Morgan fingerprint density at radius 2 is 2.00 bits per heavy atom. The molecule has 0 radical (unpaired) electrons. The molecule has 0 atom stereocenters. The minimum Gasteiger partial charge on any atom is -0.325 e. The monoisotopic (exact) mass is 342 g/mol. The van der Waals surface area contributed by atoms with Crippen molar-refractivity contribution in [2.24, 2.45) is 0 Å². The molecule has 1 amide bonds. The predicted molar refractivity (Wildman–Crippen MR) is 78.8 cm³/mol. The van der Waals surface area contributed by atoms with Crippen molar-refractivity contribution in [1.82, 2.24) is 5.32 Å². The Balaban J connectivity index is 1.76. The maximum absolute atomic E-state index is 12.7. The number of nitrogens with one attached hydrogen (secondary N) is 2. The number of benzene rings is 1. The topological polar surface area (TPSA) is 41.1 Å². The van der Waals surface area contributed by atoms with Crippen molar-refractivity contribution < 1.29 is 9.18 Å². The molecule has 100 valence electrons. The van der Waals surface area contributed by atoms with Crippen molar-refractivity contribution in [2.75, 3.05) is 11.9 Å². The van der Waals surface area contributed by atoms with Crippen molar-refractivity contribution in [3.8, 4) is 0 Å². The molecule has 3 nitrogen and oxygen atoms in total. The first kappa shape index (κ1) is 14.2. The Morgan fingerprint density at radius 1 is 1.26 bits per heavy atom. The molecule has 6 heteroatoms. The lowest BCUT2D eigenvalue weighted by atomic mass is 10.3. The minimum absolute atomic E-state index is 0.153. The van der Waals surface area contributed by atoms with E-state index in [1.807, 2.05) is 11.4 Å². The summed E-state index contributed by atoms with van der Waals surface area (Å²) in [5.41, 5.74) is 0.588. The fraction of sp³-hybridized carbons (Fsp3) is 0.154. The summed E-state index contributed by atoms with van der Waals surface area (Å²) in [6, 6.07) is 7.66. The van der Waals surface area contributed by atoms with Crippen LogP contribution < -0.4 is 10.6 Å². The molecule has 1 heterocycles. The molecule has 0 bridgehead atoms. The van der Waals surface area contributed by atoms with Crippen molar-refractivity contribution in [3.63, 3.8) is 0 Å². The van der Waals surface area contributed by atoms with E-state index in [4.69, 9.17) is 0 Å². The third-order valence-corrected chi connectivity index (χ3v) is 4.32. The maximum atomic E-state index is 12.7. The van der Waals surface area contributed by atoms with Crippen LogP contribution in [0.5, 0.6) is 0 Å². The van der Waals surface area contributed by atoms with Gasteiger partial charge in [0.25, 0.3) is 0 Å². The van der Waals surface area contributed by atoms with E-state index in [0.29, 0.717) is 12.2 Å². The van der Waals surface area contributed by atoms with E-state index in [9.17, 15) is 9.18 Å². The second-order valence-corrected chi connectivity index (χ2v) is 5.71. The number of anilines is 1. The fourth-order valence-electron chi connectivity index (χ4n) is 1.48. The van der Waals surface area contributed by atoms with Gasteiger partial charge in [-0.2, -0.15) is 0 Å². The second-order valence-electron chi connectivity index (χ2n) is 3.85. The lowest BCUT2D eigenvalue weighted by Crippen LogP contribution is -2.27. The number of hydrogen-bond donors (Lipinski definition) is 2. The van der Waals surface area contributed by atoms with Crippen LogP contribution in [0.3, 0.4) is 0 Å². The highest BCUT2D eigenvalue weighted by Crippen LogP contribution is 2.21. The summed E-state index contributed by atoms with van der Waals surface area (Å²) in [7, 11) is 0. The first-order valence-electron chi connectivity index (χ1n) is 5.63. The molecule has 0 saturated heterocycles. The molecule has 0 aliphatic rings. The van der Waals surface area contributed by atoms with Gasteiger partial charge in [-0.15, -0.1) is 11.3 Å². The number of halogens is 2. The number of amides is 1. The first-order chi connectivity index (χ1) is 9.15. The van der Waals surface area contributed by atoms with Crippen molar-refractivity contribution >= 4 is 38.9 Å². The molecule has 1 aromatic heterocycles. The van der Waals surface area contributed by atoms with Gasteiger partial charge in [0.1, 0.15) is 5.82 Å². The van der Waals surface area contributed by atoms with Gasteiger partial charge in [0.2, 0.25) is 5.91 Å². The summed E-state index contributed by atoms with van der Waals surface area (Å²) < 4.78 is 13.7. The molecule has 0 aliphatic heterocycles. The van der Waals surface area contributed by atoms with Crippen LogP contribution in [-0.4, -0.2) is 12.5 Å². The van der Waals surface area contributed by atoms with E-state index in [-0.39, 0.29) is 18.3 Å². The van der Waals surface area contributed by atoms with Crippen molar-refractivity contribution in [1.29, 1.82) is 0 Å². The summed E-state index contributed by atoms with van der Waals surface area (Å²) in [5, 5.41) is 7.73. The standard InChI is InChI=1S/C13H12BrFN2OS/c14-11-5-6-19-12(11)7-16-8-13(18)17-10-3-1-9(15)2-4-10/h1-6,16H,7-8H2,(H,17,18). The summed E-state index contributed by atoms with van der Waals surface area (Å²) in [6.07, 6.45) is 0. The number of carbonyl (C=O) groups is 1. The number of thiophene rings is 1. The molecule has 2 rings (SSSR count). The van der Waals surface area contributed by atoms with Gasteiger partial charge in [-0.1, -0.05) is 0 Å². The highest BCUT2D eigenvalue weighted by molar-refractivity contribution is 9.10. The Bertz CT molecular complexity index is 556. The van der Waals surface area contributed by atoms with Gasteiger partial charge < -0.3 is 10.6 Å². The number of carbonyl (C=O) groups excluding carboxylic acids is 1. The van der Waals surface area contributed by atoms with Gasteiger partial charge in [-0.05, 0) is 51.6 Å². The molecule has 0 unspecified atom stereocenters. The zero-order chi connectivity index (χ0) is 13.7. The van der Waals surface area contributed by atoms with Crippen LogP contribution >= 0.6 is 27.3 Å². The molecule has 0 fully saturated rings. The van der Waals surface area contributed by atoms with Gasteiger partial charge in [0.05, 0.1) is 6.54 Å². The number of rotatable bonds is 5. The first-order valence-corrected chi connectivity index (χ1v) is 7.30. The molecule has 19 heavy (non-hydrogen) atoms. The normalized spacial score (nSPS) is 10.4. The Labute approximate surface area is 123 Å². The Hall–Kier alpha value is -1.24. The van der Waals surface area contributed by atoms with E-state index in [1.54, 1.807) is 11.3 Å². The average molecular weight is 343 g/mol. The van der Waals surface area contributed by atoms with Gasteiger partial charge >= 0.3 is 0 Å². The zero-order valence-corrected chi connectivity index (χ0v) is 12.4. The smallest absolute Gasteiger partial charge is 0.238 e. The van der Waals surface area contributed by atoms with Crippen LogP contribution in [0.25, 0.3) is 0 Å². The summed E-state index contributed by atoms with van der Waals surface area (Å²) in [6.45, 7) is 0.844. The molecule has 1 aromatic carbocycles. The Kier molecular flexibility index (Phi) is 5.07. The minimum atomic E-state index is -0.321. The lowest BCUT2D eigenvalue weighted by Gasteiger charge is -2.06. The molecular weight excluding hydrogens is 331 g/mol. The largest absolute Gasteiger partial charge is 0.325 e. The van der Waals surface area contributed by atoms with E-state index < -0.39 is 0 Å².